The van der Waals surface area contributed by atoms with Crippen molar-refractivity contribution in [2.45, 2.75) is 76.3 Å². The standard InChI is InChI=1S/C43H50ClN9O8/c1-24(2)52-34-10-7-26(16-25(34)17-36(42(52)58)60-23-37(54)45-3)48-38-33(44)20-47-43(49-38)51-14-11-28(12-15-51)61-30-18-27(50(4)21-30)22-59-29-8-9-31-32(19-29)41(57)53(40(31)56)35-6-5-13-46-39(35)55/h7-10,16-17,19-20,24,27-28,30,35H,5-6,11-15,18,21-23H2,1-4H3,(H,45,54)(H,46,55)(H,47,48,49)/t27-,30-,35?/m0/s1. The molecule has 0 radical (unpaired) electrons. The molecule has 18 heteroatoms. The van der Waals surface area contributed by atoms with Crippen LogP contribution in [0.4, 0.5) is 17.5 Å². The first-order chi connectivity index (χ1) is 29.4. The number of benzene rings is 2. The van der Waals surface area contributed by atoms with Crippen molar-refractivity contribution in [1.29, 1.82) is 0 Å². The predicted molar refractivity (Wildman–Crippen MR) is 228 cm³/mol. The van der Waals surface area contributed by atoms with E-state index in [0.29, 0.717) is 67.3 Å². The van der Waals surface area contributed by atoms with Gasteiger partial charge in [-0.05, 0) is 95.5 Å². The normalized spacial score (nSPS) is 21.0. The van der Waals surface area contributed by atoms with Crippen molar-refractivity contribution >= 4 is 63.6 Å². The molecule has 0 saturated carbocycles. The summed E-state index contributed by atoms with van der Waals surface area (Å²) < 4.78 is 20.0. The number of hydrogen-bond donors (Lipinski definition) is 3. The third-order valence-electron chi connectivity index (χ3n) is 11.8. The Labute approximate surface area is 357 Å². The summed E-state index contributed by atoms with van der Waals surface area (Å²) in [4.78, 5) is 78.6. The largest absolute Gasteiger partial charge is 0.492 e. The van der Waals surface area contributed by atoms with Gasteiger partial charge in [-0.2, -0.15) is 4.98 Å². The van der Waals surface area contributed by atoms with Gasteiger partial charge in [-0.25, -0.2) is 4.98 Å². The van der Waals surface area contributed by atoms with Crippen molar-refractivity contribution in [2.24, 2.45) is 0 Å². The van der Waals surface area contributed by atoms with Crippen LogP contribution >= 0.6 is 11.6 Å². The van der Waals surface area contributed by atoms with Crippen LogP contribution in [0.1, 0.15) is 72.7 Å². The number of fused-ring (bicyclic) bond motifs is 2. The number of amides is 4. The molecule has 4 aromatic rings. The molecule has 0 spiro atoms. The number of likely N-dealkylation sites (tertiary alicyclic amines) is 1. The molecule has 0 bridgehead atoms. The SMILES string of the molecule is CNC(=O)COc1cc2cc(Nc3nc(N4CCC(O[C@H]5C[C@@H](COc6ccc7c(c6)C(=O)N(C6CCCNC6=O)C7=O)N(C)C5)CC4)ncc3Cl)ccc2n(C(C)C)c1=O. The lowest BCUT2D eigenvalue weighted by atomic mass is 10.1. The number of imide groups is 1. The Morgan fingerprint density at radius 2 is 1.77 bits per heavy atom. The average molecular weight is 856 g/mol. The van der Waals surface area contributed by atoms with Crippen molar-refractivity contribution in [3.05, 3.63) is 75.2 Å². The molecule has 3 N–H and O–H groups in total. The fourth-order valence-corrected chi connectivity index (χ4v) is 8.69. The van der Waals surface area contributed by atoms with Crippen LogP contribution in [0.2, 0.25) is 5.02 Å². The second-order valence-electron chi connectivity index (χ2n) is 16.2. The van der Waals surface area contributed by atoms with E-state index in [4.69, 9.17) is 30.8 Å². The third-order valence-corrected chi connectivity index (χ3v) is 12.1. The number of likely N-dealkylation sites (N-methyl/N-ethyl adjacent to an activating group) is 2. The zero-order chi connectivity index (χ0) is 42.9. The summed E-state index contributed by atoms with van der Waals surface area (Å²) in [5.41, 5.74) is 1.65. The van der Waals surface area contributed by atoms with Crippen LogP contribution in [-0.4, -0.2) is 126 Å². The number of aromatic nitrogens is 3. The number of hydrogen-bond acceptors (Lipinski definition) is 13. The molecule has 1 unspecified atom stereocenters. The zero-order valence-electron chi connectivity index (χ0n) is 34.6. The zero-order valence-corrected chi connectivity index (χ0v) is 35.4. The molecule has 4 aliphatic heterocycles. The lowest BCUT2D eigenvalue weighted by molar-refractivity contribution is -0.126. The summed E-state index contributed by atoms with van der Waals surface area (Å²) in [6, 6.07) is 11.3. The van der Waals surface area contributed by atoms with E-state index < -0.39 is 17.9 Å². The monoisotopic (exact) mass is 855 g/mol. The maximum Gasteiger partial charge on any atom is 0.293 e. The molecule has 3 fully saturated rings. The Hall–Kier alpha value is -5.78. The summed E-state index contributed by atoms with van der Waals surface area (Å²) >= 11 is 6.59. The summed E-state index contributed by atoms with van der Waals surface area (Å²) in [6.07, 6.45) is 5.22. The molecule has 3 saturated heterocycles. The maximum absolute atomic E-state index is 13.3. The van der Waals surface area contributed by atoms with Gasteiger partial charge in [-0.3, -0.25) is 33.8 Å². The quantitative estimate of drug-likeness (QED) is 0.165. The molecule has 2 aromatic carbocycles. The number of halogens is 1. The van der Waals surface area contributed by atoms with Crippen LogP contribution in [0.3, 0.4) is 0 Å². The number of pyridine rings is 1. The van der Waals surface area contributed by atoms with Gasteiger partial charge in [0, 0.05) is 56.4 Å². The highest BCUT2D eigenvalue weighted by atomic mass is 35.5. The van der Waals surface area contributed by atoms with Gasteiger partial charge < -0.3 is 39.6 Å². The lowest BCUT2D eigenvalue weighted by Gasteiger charge is -2.33. The van der Waals surface area contributed by atoms with Gasteiger partial charge in [0.05, 0.1) is 35.0 Å². The Balaban J connectivity index is 0.845. The minimum atomic E-state index is -0.790. The highest BCUT2D eigenvalue weighted by molar-refractivity contribution is 6.33. The first-order valence-electron chi connectivity index (χ1n) is 20.7. The van der Waals surface area contributed by atoms with Crippen LogP contribution in [0.25, 0.3) is 10.9 Å². The number of nitrogens with one attached hydrogen (secondary N) is 3. The fraction of sp³-hybridized carbons (Fsp3) is 0.465. The molecule has 17 nitrogen and oxygen atoms in total. The van der Waals surface area contributed by atoms with Crippen molar-refractivity contribution < 1.29 is 33.4 Å². The first kappa shape index (κ1) is 41.9. The number of carbonyl (C=O) groups is 4. The predicted octanol–water partition coefficient (Wildman–Crippen LogP) is 3.91. The average Bonchev–Trinajstić information content (AvgIpc) is 3.73. The molecule has 4 amide bonds. The Kier molecular flexibility index (Phi) is 12.1. The molecular formula is C43H50ClN9O8. The third kappa shape index (κ3) is 8.72. The van der Waals surface area contributed by atoms with Gasteiger partial charge in [0.25, 0.3) is 23.3 Å². The van der Waals surface area contributed by atoms with E-state index in [1.807, 2.05) is 39.1 Å². The van der Waals surface area contributed by atoms with Crippen molar-refractivity contribution in [1.82, 2.24) is 35.0 Å². The number of carbonyl (C=O) groups excluding carboxylic acids is 4. The van der Waals surface area contributed by atoms with E-state index in [0.717, 1.165) is 41.6 Å². The molecule has 4 aliphatic rings. The van der Waals surface area contributed by atoms with Gasteiger partial charge >= 0.3 is 0 Å². The van der Waals surface area contributed by atoms with Crippen molar-refractivity contribution in [2.75, 3.05) is 63.7 Å². The number of anilines is 3. The second kappa shape index (κ2) is 17.7. The van der Waals surface area contributed by atoms with E-state index in [1.54, 1.807) is 35.0 Å². The Morgan fingerprint density at radius 3 is 2.52 bits per heavy atom. The molecule has 0 aliphatic carbocycles. The summed E-state index contributed by atoms with van der Waals surface area (Å²) in [5.74, 6) is 0.0192. The van der Waals surface area contributed by atoms with Crippen LogP contribution < -0.4 is 35.9 Å². The van der Waals surface area contributed by atoms with Gasteiger partial charge in [-0.1, -0.05) is 11.6 Å². The minimum absolute atomic E-state index is 0.0304. The molecule has 2 aromatic heterocycles. The maximum atomic E-state index is 13.3. The number of rotatable bonds is 13. The van der Waals surface area contributed by atoms with Gasteiger partial charge in [0.15, 0.2) is 18.2 Å². The molecule has 8 rings (SSSR count). The van der Waals surface area contributed by atoms with Crippen LogP contribution in [0.5, 0.6) is 11.5 Å². The Bertz CT molecular complexity index is 2420. The number of nitrogens with zero attached hydrogens (tertiary/aromatic N) is 6. The summed E-state index contributed by atoms with van der Waals surface area (Å²) in [6.45, 7) is 6.64. The van der Waals surface area contributed by atoms with Crippen molar-refractivity contribution in [3.8, 4) is 11.5 Å². The molecular weight excluding hydrogens is 806 g/mol. The van der Waals surface area contributed by atoms with Crippen LogP contribution in [0, 0.1) is 0 Å². The molecule has 322 valence electrons. The van der Waals surface area contributed by atoms with E-state index in [9.17, 15) is 24.0 Å². The molecule has 61 heavy (non-hydrogen) atoms. The molecule has 3 atom stereocenters. The van der Waals surface area contributed by atoms with Crippen LogP contribution in [0.15, 0.2) is 53.5 Å². The van der Waals surface area contributed by atoms with Gasteiger partial charge in [-0.15, -0.1) is 0 Å². The topological polar surface area (TPSA) is 190 Å². The summed E-state index contributed by atoms with van der Waals surface area (Å²) in [7, 11) is 3.55. The minimum Gasteiger partial charge on any atom is -0.492 e. The van der Waals surface area contributed by atoms with E-state index in [1.165, 1.54) is 7.05 Å². The summed E-state index contributed by atoms with van der Waals surface area (Å²) in [5, 5.41) is 9.65. The Morgan fingerprint density at radius 1 is 0.984 bits per heavy atom. The molecule has 6 heterocycles. The van der Waals surface area contributed by atoms with Gasteiger partial charge in [0.2, 0.25) is 11.9 Å². The van der Waals surface area contributed by atoms with E-state index in [2.05, 4.69) is 30.7 Å². The highest BCUT2D eigenvalue weighted by Gasteiger charge is 2.44. The van der Waals surface area contributed by atoms with Gasteiger partial charge in [0.1, 0.15) is 23.4 Å². The van der Waals surface area contributed by atoms with E-state index in [-0.39, 0.29) is 65.1 Å². The number of piperidine rings is 2. The van der Waals surface area contributed by atoms with Crippen molar-refractivity contribution in [3.63, 3.8) is 0 Å². The smallest absolute Gasteiger partial charge is 0.293 e. The highest BCUT2D eigenvalue weighted by Crippen LogP contribution is 2.33. The number of ether oxygens (including phenoxy) is 3. The first-order valence-corrected chi connectivity index (χ1v) is 21.1. The van der Waals surface area contributed by atoms with Crippen LogP contribution in [-0.2, 0) is 14.3 Å². The van der Waals surface area contributed by atoms with E-state index >= 15 is 0 Å². The lowest BCUT2D eigenvalue weighted by Crippen LogP contribution is -2.52. The second-order valence-corrected chi connectivity index (χ2v) is 16.6. The fourth-order valence-electron chi connectivity index (χ4n) is 8.56.